The van der Waals surface area contributed by atoms with Crippen molar-refractivity contribution in [1.82, 2.24) is 0 Å². The molecule has 0 spiro atoms. The van der Waals surface area contributed by atoms with Gasteiger partial charge in [-0.15, -0.1) is 0 Å². The average molecular weight is 693 g/mol. The molecule has 0 heterocycles. The second-order valence-electron chi connectivity index (χ2n) is 10.4. The predicted octanol–water partition coefficient (Wildman–Crippen LogP) is 6.57. The Hall–Kier alpha value is -6.09. The van der Waals surface area contributed by atoms with Gasteiger partial charge in [-0.2, -0.15) is 0 Å². The highest BCUT2D eigenvalue weighted by atomic mass is 32.2. The first-order valence-electron chi connectivity index (χ1n) is 14.3. The number of phenols is 2. The van der Waals surface area contributed by atoms with E-state index >= 15 is 0 Å². The average Bonchev–Trinajstić information content (AvgIpc) is 3.09. The number of benzene rings is 4. The highest BCUT2D eigenvalue weighted by Crippen LogP contribution is 2.41. The maximum atomic E-state index is 14.8. The van der Waals surface area contributed by atoms with Gasteiger partial charge >= 0.3 is 11.4 Å². The number of rotatable bonds is 14. The van der Waals surface area contributed by atoms with Gasteiger partial charge in [-0.1, -0.05) is 48.6 Å². The molecular formula is C34H32N2O12S. The van der Waals surface area contributed by atoms with E-state index in [2.05, 4.69) is 0 Å². The summed E-state index contributed by atoms with van der Waals surface area (Å²) in [4.78, 5) is 21.6. The highest BCUT2D eigenvalue weighted by Gasteiger charge is 2.34. The Balaban J connectivity index is 1.92. The van der Waals surface area contributed by atoms with Crippen molar-refractivity contribution in [3.8, 4) is 34.5 Å². The first kappa shape index (κ1) is 35.8. The number of phenolic OH excluding ortho intramolecular Hbond substituents is 2. The van der Waals surface area contributed by atoms with Crippen LogP contribution >= 0.6 is 0 Å². The fraction of sp³-hybridized carbons (Fsp3) is 0.176. The van der Waals surface area contributed by atoms with Crippen LogP contribution in [-0.2, 0) is 9.84 Å². The molecule has 4 rings (SSSR count). The fourth-order valence-corrected chi connectivity index (χ4v) is 6.96. The summed E-state index contributed by atoms with van der Waals surface area (Å²) in [6, 6.07) is 17.4. The molecule has 0 aliphatic rings. The summed E-state index contributed by atoms with van der Waals surface area (Å²) in [5, 5.41) is 40.9. The van der Waals surface area contributed by atoms with Gasteiger partial charge in [0.15, 0.2) is 21.3 Å². The number of hydrogen-bond acceptors (Lipinski definition) is 12. The van der Waals surface area contributed by atoms with Crippen molar-refractivity contribution in [2.45, 2.75) is 10.5 Å². The van der Waals surface area contributed by atoms with E-state index in [0.29, 0.717) is 22.6 Å². The summed E-state index contributed by atoms with van der Waals surface area (Å²) in [7, 11) is 1.03. The van der Waals surface area contributed by atoms with Crippen molar-refractivity contribution in [2.75, 3.05) is 28.4 Å². The van der Waals surface area contributed by atoms with Crippen molar-refractivity contribution >= 4 is 33.4 Å². The highest BCUT2D eigenvalue weighted by molar-refractivity contribution is 7.92. The van der Waals surface area contributed by atoms with Crippen LogP contribution in [0.5, 0.6) is 34.5 Å². The molecule has 0 radical (unpaired) electrons. The second-order valence-corrected chi connectivity index (χ2v) is 12.6. The van der Waals surface area contributed by atoms with Crippen LogP contribution in [0.1, 0.15) is 32.8 Å². The van der Waals surface area contributed by atoms with Gasteiger partial charge in [-0.05, 0) is 58.7 Å². The summed E-state index contributed by atoms with van der Waals surface area (Å²) >= 11 is 0. The molecule has 0 aliphatic carbocycles. The van der Waals surface area contributed by atoms with Gasteiger partial charge in [-0.25, -0.2) is 8.42 Å². The number of nitro benzene ring substituents is 2. The number of hydrogen-bond donors (Lipinski definition) is 2. The lowest BCUT2D eigenvalue weighted by Gasteiger charge is -2.22. The lowest BCUT2D eigenvalue weighted by molar-refractivity contribution is -0.386. The first-order valence-corrected chi connectivity index (χ1v) is 15.9. The van der Waals surface area contributed by atoms with E-state index in [1.807, 2.05) is 0 Å². The molecule has 0 aliphatic heterocycles. The van der Waals surface area contributed by atoms with Crippen molar-refractivity contribution in [3.05, 3.63) is 127 Å². The second kappa shape index (κ2) is 15.2. The standard InChI is InChI=1S/C34H32N2O12S/c1-45-25-11-7-23(8-12-25)31(15-5-21-17-27(35(39)40)33(37)29(19-21)47-3)49(43,44)32(24-9-13-26(46-2)14-10-24)16-6-22-18-28(36(41)42)34(38)30(20-22)48-4/h5-20,31-32,37-38H,1-4H3. The van der Waals surface area contributed by atoms with E-state index in [1.54, 1.807) is 48.5 Å². The molecule has 2 unspecified atom stereocenters. The number of nitrogens with zero attached hydrogens (tertiary/aromatic N) is 2. The van der Waals surface area contributed by atoms with Gasteiger partial charge in [0.05, 0.1) is 38.3 Å². The molecule has 0 amide bonds. The lowest BCUT2D eigenvalue weighted by atomic mass is 10.1. The third kappa shape index (κ3) is 7.90. The third-order valence-corrected chi connectivity index (χ3v) is 9.79. The number of ether oxygens (including phenoxy) is 4. The van der Waals surface area contributed by atoms with Gasteiger partial charge in [0.25, 0.3) is 0 Å². The van der Waals surface area contributed by atoms with Crippen LogP contribution in [0.25, 0.3) is 12.2 Å². The summed E-state index contributed by atoms with van der Waals surface area (Å²) in [6.45, 7) is 0. The third-order valence-electron chi connectivity index (χ3n) is 7.51. The zero-order chi connectivity index (χ0) is 35.9. The first-order chi connectivity index (χ1) is 23.3. The maximum Gasteiger partial charge on any atom is 0.315 e. The smallest absolute Gasteiger partial charge is 0.315 e. The van der Waals surface area contributed by atoms with E-state index < -0.39 is 53.1 Å². The lowest BCUT2D eigenvalue weighted by Crippen LogP contribution is -2.19. The largest absolute Gasteiger partial charge is 0.500 e. The van der Waals surface area contributed by atoms with Crippen LogP contribution in [0, 0.1) is 20.2 Å². The van der Waals surface area contributed by atoms with Gasteiger partial charge in [0.2, 0.25) is 11.5 Å². The molecule has 0 aromatic heterocycles. The van der Waals surface area contributed by atoms with Gasteiger partial charge in [0.1, 0.15) is 22.0 Å². The van der Waals surface area contributed by atoms with E-state index in [1.165, 1.54) is 64.9 Å². The quantitative estimate of drug-likeness (QED) is 0.107. The van der Waals surface area contributed by atoms with Gasteiger partial charge < -0.3 is 29.2 Å². The number of aromatic hydroxyl groups is 2. The van der Waals surface area contributed by atoms with E-state index in [4.69, 9.17) is 18.9 Å². The molecule has 4 aromatic carbocycles. The number of nitro groups is 2. The maximum absolute atomic E-state index is 14.8. The van der Waals surface area contributed by atoms with Crippen LogP contribution in [0.4, 0.5) is 11.4 Å². The molecular weight excluding hydrogens is 660 g/mol. The molecule has 4 aromatic rings. The minimum absolute atomic E-state index is 0.176. The van der Waals surface area contributed by atoms with Crippen LogP contribution in [0.2, 0.25) is 0 Å². The topological polar surface area (TPSA) is 198 Å². The molecule has 49 heavy (non-hydrogen) atoms. The van der Waals surface area contributed by atoms with Crippen LogP contribution < -0.4 is 18.9 Å². The van der Waals surface area contributed by atoms with E-state index in [-0.39, 0.29) is 22.6 Å². The SMILES string of the molecule is COc1ccc(C(C=Cc2cc(OC)c(O)c([N+](=O)[O-])c2)S(=O)(=O)C(C=Cc2cc(OC)c(O)c([N+](=O)[O-])c2)c2ccc(OC)cc2)cc1. The molecule has 14 nitrogen and oxygen atoms in total. The van der Waals surface area contributed by atoms with E-state index in [9.17, 15) is 38.9 Å². The Labute approximate surface area is 281 Å². The van der Waals surface area contributed by atoms with Crippen molar-refractivity contribution < 1.29 is 47.4 Å². The number of sulfone groups is 1. The summed E-state index contributed by atoms with van der Waals surface area (Å²) in [5.74, 6) is -0.792. The van der Waals surface area contributed by atoms with E-state index in [0.717, 1.165) is 12.1 Å². The minimum atomic E-state index is -4.33. The minimum Gasteiger partial charge on any atom is -0.500 e. The summed E-state index contributed by atoms with van der Waals surface area (Å²) in [5.41, 5.74) is -0.275. The molecule has 0 saturated carbocycles. The van der Waals surface area contributed by atoms with Crippen LogP contribution in [-0.4, -0.2) is 56.9 Å². The van der Waals surface area contributed by atoms with Gasteiger partial charge in [0, 0.05) is 12.1 Å². The molecule has 2 atom stereocenters. The Morgan fingerprint density at radius 3 is 1.24 bits per heavy atom. The zero-order valence-electron chi connectivity index (χ0n) is 26.7. The van der Waals surface area contributed by atoms with Crippen LogP contribution in [0.15, 0.2) is 84.9 Å². The zero-order valence-corrected chi connectivity index (χ0v) is 27.5. The number of methoxy groups -OCH3 is 4. The van der Waals surface area contributed by atoms with Gasteiger partial charge in [-0.3, -0.25) is 20.2 Å². The van der Waals surface area contributed by atoms with Crippen molar-refractivity contribution in [2.24, 2.45) is 0 Å². The molecule has 2 N–H and O–H groups in total. The molecule has 0 fully saturated rings. The Bertz CT molecular complexity index is 1870. The Morgan fingerprint density at radius 1 is 0.612 bits per heavy atom. The summed E-state index contributed by atoms with van der Waals surface area (Å²) in [6.07, 6.45) is 5.44. The predicted molar refractivity (Wildman–Crippen MR) is 181 cm³/mol. The monoisotopic (exact) mass is 692 g/mol. The molecule has 15 heteroatoms. The van der Waals surface area contributed by atoms with Crippen LogP contribution in [0.3, 0.4) is 0 Å². The van der Waals surface area contributed by atoms with Crippen molar-refractivity contribution in [1.29, 1.82) is 0 Å². The fourth-order valence-electron chi connectivity index (χ4n) is 4.97. The Kier molecular flexibility index (Phi) is 11.1. The molecule has 0 bridgehead atoms. The summed E-state index contributed by atoms with van der Waals surface area (Å²) < 4.78 is 50.2. The van der Waals surface area contributed by atoms with Crippen molar-refractivity contribution in [3.63, 3.8) is 0 Å². The normalized spacial score (nSPS) is 12.8. The molecule has 256 valence electrons. The molecule has 0 saturated heterocycles. The Morgan fingerprint density at radius 2 is 0.959 bits per heavy atom.